The Kier molecular flexibility index (Phi) is 3.25. The zero-order valence-corrected chi connectivity index (χ0v) is 8.61. The summed E-state index contributed by atoms with van der Waals surface area (Å²) >= 11 is 0. The first-order valence-electron chi connectivity index (χ1n) is 5.16. The van der Waals surface area contributed by atoms with Crippen molar-refractivity contribution in [3.8, 4) is 11.5 Å². The lowest BCUT2D eigenvalue weighted by molar-refractivity contribution is 0.171. The smallest absolute Gasteiger partial charge is 0.161 e. The molecule has 1 aromatic carbocycles. The number of hydrogen-bond acceptors (Lipinski definition) is 3. The highest BCUT2D eigenvalue weighted by molar-refractivity contribution is 5.56. The minimum Gasteiger partial charge on any atom is -0.486 e. The standard InChI is InChI=1S/C12H15NO2/c13-6-2-1-3-10-4-5-11-12(9-10)15-8-7-14-11/h1,3-5,9H,2,6-8,13H2/b3-1+. The molecule has 15 heavy (non-hydrogen) atoms. The van der Waals surface area contributed by atoms with Crippen molar-refractivity contribution in [2.24, 2.45) is 5.73 Å². The zero-order chi connectivity index (χ0) is 10.5. The molecule has 0 amide bonds. The normalized spacial score (nSPS) is 14.5. The Balaban J connectivity index is 2.13. The molecule has 3 nitrogen and oxygen atoms in total. The molecule has 0 saturated carbocycles. The van der Waals surface area contributed by atoms with Gasteiger partial charge in [0.05, 0.1) is 0 Å². The Morgan fingerprint density at radius 1 is 1.20 bits per heavy atom. The maximum atomic E-state index is 5.49. The van der Waals surface area contributed by atoms with Crippen LogP contribution in [0.25, 0.3) is 6.08 Å². The monoisotopic (exact) mass is 205 g/mol. The van der Waals surface area contributed by atoms with E-state index < -0.39 is 0 Å². The summed E-state index contributed by atoms with van der Waals surface area (Å²) in [6.45, 7) is 1.94. The third-order valence-corrected chi connectivity index (χ3v) is 2.21. The Morgan fingerprint density at radius 2 is 2.00 bits per heavy atom. The third-order valence-electron chi connectivity index (χ3n) is 2.21. The van der Waals surface area contributed by atoms with E-state index in [0.29, 0.717) is 19.8 Å². The summed E-state index contributed by atoms with van der Waals surface area (Å²) in [5.41, 5.74) is 6.53. The van der Waals surface area contributed by atoms with Gasteiger partial charge in [0, 0.05) is 0 Å². The Labute approximate surface area is 89.5 Å². The van der Waals surface area contributed by atoms with Gasteiger partial charge in [0.1, 0.15) is 13.2 Å². The summed E-state index contributed by atoms with van der Waals surface area (Å²) in [6.07, 6.45) is 5.00. The second-order valence-corrected chi connectivity index (χ2v) is 3.38. The van der Waals surface area contributed by atoms with Gasteiger partial charge < -0.3 is 15.2 Å². The second-order valence-electron chi connectivity index (χ2n) is 3.38. The zero-order valence-electron chi connectivity index (χ0n) is 8.61. The quantitative estimate of drug-likeness (QED) is 0.818. The van der Waals surface area contributed by atoms with E-state index in [-0.39, 0.29) is 0 Å². The van der Waals surface area contributed by atoms with Crippen LogP contribution in [0.3, 0.4) is 0 Å². The van der Waals surface area contributed by atoms with E-state index in [1.807, 2.05) is 24.3 Å². The summed E-state index contributed by atoms with van der Waals surface area (Å²) in [7, 11) is 0. The minimum atomic E-state index is 0.628. The highest BCUT2D eigenvalue weighted by Crippen LogP contribution is 2.31. The molecule has 1 aliphatic heterocycles. The molecule has 2 N–H and O–H groups in total. The molecule has 2 rings (SSSR count). The van der Waals surface area contributed by atoms with Gasteiger partial charge >= 0.3 is 0 Å². The largest absolute Gasteiger partial charge is 0.486 e. The van der Waals surface area contributed by atoms with Crippen LogP contribution >= 0.6 is 0 Å². The molecular formula is C12H15NO2. The summed E-state index contributed by atoms with van der Waals surface area (Å²) < 4.78 is 10.9. The Morgan fingerprint density at radius 3 is 2.80 bits per heavy atom. The van der Waals surface area contributed by atoms with Gasteiger partial charge in [-0.05, 0) is 30.7 Å². The number of ether oxygens (including phenoxy) is 2. The fraction of sp³-hybridized carbons (Fsp3) is 0.333. The minimum absolute atomic E-state index is 0.628. The van der Waals surface area contributed by atoms with Gasteiger partial charge in [-0.25, -0.2) is 0 Å². The first-order valence-corrected chi connectivity index (χ1v) is 5.16. The summed E-state index contributed by atoms with van der Waals surface area (Å²) in [6, 6.07) is 5.94. The fourth-order valence-corrected chi connectivity index (χ4v) is 1.48. The molecule has 0 unspecified atom stereocenters. The van der Waals surface area contributed by atoms with Crippen molar-refractivity contribution in [2.75, 3.05) is 19.8 Å². The van der Waals surface area contributed by atoms with Crippen molar-refractivity contribution >= 4 is 6.08 Å². The van der Waals surface area contributed by atoms with Gasteiger partial charge in [-0.15, -0.1) is 0 Å². The SMILES string of the molecule is NCC/C=C/c1ccc2c(c1)OCCO2. The maximum Gasteiger partial charge on any atom is 0.161 e. The van der Waals surface area contributed by atoms with Crippen LogP contribution in [0.5, 0.6) is 11.5 Å². The molecule has 0 spiro atoms. The van der Waals surface area contributed by atoms with Gasteiger partial charge in [0.15, 0.2) is 11.5 Å². The topological polar surface area (TPSA) is 44.5 Å². The molecule has 3 heteroatoms. The van der Waals surface area contributed by atoms with Crippen LogP contribution in [0.4, 0.5) is 0 Å². The van der Waals surface area contributed by atoms with Crippen LogP contribution in [0.1, 0.15) is 12.0 Å². The Hall–Kier alpha value is -1.48. The molecule has 0 fully saturated rings. The lowest BCUT2D eigenvalue weighted by Gasteiger charge is -2.18. The van der Waals surface area contributed by atoms with Crippen LogP contribution in [0, 0.1) is 0 Å². The molecule has 0 radical (unpaired) electrons. The van der Waals surface area contributed by atoms with Crippen LogP contribution < -0.4 is 15.2 Å². The van der Waals surface area contributed by atoms with Gasteiger partial charge in [-0.1, -0.05) is 18.2 Å². The molecule has 1 aliphatic rings. The van der Waals surface area contributed by atoms with Crippen LogP contribution in [0.15, 0.2) is 24.3 Å². The number of nitrogens with two attached hydrogens (primary N) is 1. The predicted molar refractivity (Wildman–Crippen MR) is 60.1 cm³/mol. The first-order chi connectivity index (χ1) is 7.40. The van der Waals surface area contributed by atoms with E-state index in [1.165, 1.54) is 0 Å². The van der Waals surface area contributed by atoms with Gasteiger partial charge in [-0.3, -0.25) is 0 Å². The molecule has 80 valence electrons. The molecule has 0 bridgehead atoms. The van der Waals surface area contributed by atoms with Crippen molar-refractivity contribution in [2.45, 2.75) is 6.42 Å². The molecule has 1 aromatic rings. The molecule has 1 heterocycles. The highest BCUT2D eigenvalue weighted by Gasteiger charge is 2.10. The number of benzene rings is 1. The highest BCUT2D eigenvalue weighted by atomic mass is 16.6. The van der Waals surface area contributed by atoms with E-state index in [4.69, 9.17) is 15.2 Å². The molecular weight excluding hydrogens is 190 g/mol. The van der Waals surface area contributed by atoms with Crippen molar-refractivity contribution < 1.29 is 9.47 Å². The van der Waals surface area contributed by atoms with E-state index in [1.54, 1.807) is 0 Å². The molecule has 0 saturated heterocycles. The van der Waals surface area contributed by atoms with Gasteiger partial charge in [0.2, 0.25) is 0 Å². The van der Waals surface area contributed by atoms with E-state index in [0.717, 1.165) is 23.5 Å². The number of fused-ring (bicyclic) bond motifs is 1. The van der Waals surface area contributed by atoms with Gasteiger partial charge in [-0.2, -0.15) is 0 Å². The summed E-state index contributed by atoms with van der Waals surface area (Å²) in [5.74, 6) is 1.66. The summed E-state index contributed by atoms with van der Waals surface area (Å²) in [4.78, 5) is 0. The Bertz CT molecular complexity index is 361. The fourth-order valence-electron chi connectivity index (χ4n) is 1.48. The van der Waals surface area contributed by atoms with Crippen LogP contribution in [-0.4, -0.2) is 19.8 Å². The first kappa shape index (κ1) is 10.1. The van der Waals surface area contributed by atoms with Crippen molar-refractivity contribution in [1.29, 1.82) is 0 Å². The second kappa shape index (κ2) is 4.84. The maximum absolute atomic E-state index is 5.49. The number of rotatable bonds is 3. The number of hydrogen-bond donors (Lipinski definition) is 1. The molecule has 0 aromatic heterocycles. The van der Waals surface area contributed by atoms with E-state index in [9.17, 15) is 0 Å². The van der Waals surface area contributed by atoms with Crippen molar-refractivity contribution in [3.63, 3.8) is 0 Å². The lowest BCUT2D eigenvalue weighted by atomic mass is 10.1. The van der Waals surface area contributed by atoms with E-state index >= 15 is 0 Å². The van der Waals surface area contributed by atoms with Gasteiger partial charge in [0.25, 0.3) is 0 Å². The van der Waals surface area contributed by atoms with Crippen LogP contribution in [-0.2, 0) is 0 Å². The van der Waals surface area contributed by atoms with Crippen molar-refractivity contribution in [1.82, 2.24) is 0 Å². The third kappa shape index (κ3) is 2.50. The average Bonchev–Trinajstić information content (AvgIpc) is 2.29. The predicted octanol–water partition coefficient (Wildman–Crippen LogP) is 1.82. The van der Waals surface area contributed by atoms with Crippen molar-refractivity contribution in [3.05, 3.63) is 29.8 Å². The van der Waals surface area contributed by atoms with Crippen LogP contribution in [0.2, 0.25) is 0 Å². The van der Waals surface area contributed by atoms with E-state index in [2.05, 4.69) is 6.08 Å². The molecule has 0 atom stereocenters. The summed E-state index contributed by atoms with van der Waals surface area (Å²) in [5, 5.41) is 0. The average molecular weight is 205 g/mol. The molecule has 0 aliphatic carbocycles. The lowest BCUT2D eigenvalue weighted by Crippen LogP contribution is -2.15.